The van der Waals surface area contributed by atoms with Crippen molar-refractivity contribution in [3.8, 4) is 0 Å². The van der Waals surface area contributed by atoms with Gasteiger partial charge in [-0.25, -0.2) is 4.79 Å². The molecule has 0 aliphatic heterocycles. The van der Waals surface area contributed by atoms with Crippen molar-refractivity contribution in [3.63, 3.8) is 0 Å². The zero-order valence-electron chi connectivity index (χ0n) is 10.8. The van der Waals surface area contributed by atoms with Gasteiger partial charge in [-0.3, -0.25) is 0 Å². The van der Waals surface area contributed by atoms with Crippen LogP contribution in [0.3, 0.4) is 0 Å². The van der Waals surface area contributed by atoms with Crippen LogP contribution in [0.2, 0.25) is 0 Å². The lowest BCUT2D eigenvalue weighted by atomic mass is 10.1. The Labute approximate surface area is 101 Å². The first-order valence-electron chi connectivity index (χ1n) is 5.85. The number of rotatable bonds is 5. The van der Waals surface area contributed by atoms with Crippen LogP contribution in [0, 0.1) is 13.8 Å². The molecule has 94 valence electrons. The Balaban J connectivity index is 3.31. The molecule has 0 aromatic carbocycles. The quantitative estimate of drug-likeness (QED) is 0.848. The van der Waals surface area contributed by atoms with E-state index in [2.05, 4.69) is 17.1 Å². The van der Waals surface area contributed by atoms with E-state index in [1.54, 1.807) is 13.8 Å². The first kappa shape index (κ1) is 13.4. The molecule has 0 radical (unpaired) electrons. The van der Waals surface area contributed by atoms with Crippen LogP contribution in [-0.4, -0.2) is 34.4 Å². The Morgan fingerprint density at radius 3 is 2.41 bits per heavy atom. The fourth-order valence-electron chi connectivity index (χ4n) is 1.76. The molecule has 1 N–H and O–H groups in total. The van der Waals surface area contributed by atoms with Gasteiger partial charge in [-0.1, -0.05) is 6.92 Å². The van der Waals surface area contributed by atoms with Gasteiger partial charge in [-0.15, -0.1) is 5.10 Å². The fraction of sp³-hybridized carbons (Fsp3) is 0.583. The number of carbonyl (C=O) groups is 1. The van der Waals surface area contributed by atoms with E-state index in [0.29, 0.717) is 17.1 Å². The first-order valence-corrected chi connectivity index (χ1v) is 5.85. The molecule has 0 aliphatic rings. The van der Waals surface area contributed by atoms with Crippen LogP contribution in [0.15, 0.2) is 0 Å². The van der Waals surface area contributed by atoms with Crippen molar-refractivity contribution in [2.45, 2.75) is 34.1 Å². The summed E-state index contributed by atoms with van der Waals surface area (Å²) in [5, 5.41) is 17.4. The minimum atomic E-state index is -0.940. The van der Waals surface area contributed by atoms with Crippen molar-refractivity contribution >= 4 is 11.8 Å². The number of hydrogen-bond donors (Lipinski definition) is 1. The van der Waals surface area contributed by atoms with E-state index >= 15 is 0 Å². The number of carboxylic acids is 1. The average molecular weight is 237 g/mol. The summed E-state index contributed by atoms with van der Waals surface area (Å²) in [6.07, 6.45) is 0.946. The van der Waals surface area contributed by atoms with E-state index in [1.165, 1.54) is 0 Å². The van der Waals surface area contributed by atoms with Gasteiger partial charge in [0.25, 0.3) is 0 Å². The molecule has 0 aliphatic carbocycles. The lowest BCUT2D eigenvalue weighted by Gasteiger charge is -2.23. The van der Waals surface area contributed by atoms with Gasteiger partial charge in [-0.05, 0) is 32.8 Å². The summed E-state index contributed by atoms with van der Waals surface area (Å²) in [5.74, 6) is -0.463. The van der Waals surface area contributed by atoms with E-state index in [0.717, 1.165) is 19.5 Å². The molecule has 1 heterocycles. The Hall–Kier alpha value is -1.65. The molecule has 0 amide bonds. The third kappa shape index (κ3) is 2.72. The van der Waals surface area contributed by atoms with Crippen molar-refractivity contribution in [1.29, 1.82) is 0 Å². The summed E-state index contributed by atoms with van der Waals surface area (Å²) >= 11 is 0. The largest absolute Gasteiger partial charge is 0.478 e. The molecular weight excluding hydrogens is 218 g/mol. The summed E-state index contributed by atoms with van der Waals surface area (Å²) < 4.78 is 0. The van der Waals surface area contributed by atoms with Crippen LogP contribution in [0.1, 0.15) is 41.9 Å². The molecule has 0 unspecified atom stereocenters. The van der Waals surface area contributed by atoms with E-state index in [1.807, 2.05) is 11.8 Å². The van der Waals surface area contributed by atoms with Gasteiger partial charge >= 0.3 is 5.97 Å². The summed E-state index contributed by atoms with van der Waals surface area (Å²) in [6, 6.07) is 0. The number of hydrogen-bond acceptors (Lipinski definition) is 4. The topological polar surface area (TPSA) is 66.3 Å². The van der Waals surface area contributed by atoms with Crippen LogP contribution < -0.4 is 4.90 Å². The summed E-state index contributed by atoms with van der Waals surface area (Å²) in [6.45, 7) is 9.10. The molecular formula is C12H19N3O2. The maximum atomic E-state index is 11.3. The average Bonchev–Trinajstić information content (AvgIpc) is 2.29. The molecule has 0 saturated carbocycles. The van der Waals surface area contributed by atoms with Crippen molar-refractivity contribution < 1.29 is 9.90 Å². The number of aromatic nitrogens is 2. The van der Waals surface area contributed by atoms with Crippen LogP contribution in [-0.2, 0) is 0 Å². The van der Waals surface area contributed by atoms with E-state index in [-0.39, 0.29) is 5.56 Å². The maximum absolute atomic E-state index is 11.3. The number of aromatic carboxylic acids is 1. The second-order valence-electron chi connectivity index (χ2n) is 3.99. The summed E-state index contributed by atoms with van der Waals surface area (Å²) in [7, 11) is 0. The molecule has 0 spiro atoms. The predicted molar refractivity (Wildman–Crippen MR) is 66.6 cm³/mol. The Morgan fingerprint density at radius 2 is 1.94 bits per heavy atom. The fourth-order valence-corrected chi connectivity index (χ4v) is 1.76. The number of anilines is 1. The minimum Gasteiger partial charge on any atom is -0.478 e. The second kappa shape index (κ2) is 5.61. The highest BCUT2D eigenvalue weighted by atomic mass is 16.4. The monoisotopic (exact) mass is 237 g/mol. The minimum absolute atomic E-state index is 0.271. The molecule has 1 aromatic heterocycles. The molecule has 0 bridgehead atoms. The van der Waals surface area contributed by atoms with Crippen molar-refractivity contribution in [2.75, 3.05) is 18.0 Å². The number of aryl methyl sites for hydroxylation is 1. The molecule has 0 atom stereocenters. The zero-order chi connectivity index (χ0) is 13.0. The van der Waals surface area contributed by atoms with Gasteiger partial charge in [0.15, 0.2) is 5.82 Å². The van der Waals surface area contributed by atoms with Crippen molar-refractivity contribution in [2.24, 2.45) is 0 Å². The SMILES string of the molecule is CCCN(CC)c1nnc(C)c(C)c1C(=O)O. The molecule has 1 aromatic rings. The lowest BCUT2D eigenvalue weighted by molar-refractivity contribution is 0.0696. The Kier molecular flexibility index (Phi) is 4.43. The van der Waals surface area contributed by atoms with Gasteiger partial charge in [0, 0.05) is 13.1 Å². The van der Waals surface area contributed by atoms with Gasteiger partial charge in [0.2, 0.25) is 0 Å². The zero-order valence-corrected chi connectivity index (χ0v) is 10.8. The molecule has 1 rings (SSSR count). The Morgan fingerprint density at radius 1 is 1.29 bits per heavy atom. The van der Waals surface area contributed by atoms with E-state index in [9.17, 15) is 9.90 Å². The third-order valence-electron chi connectivity index (χ3n) is 2.82. The van der Waals surface area contributed by atoms with Gasteiger partial charge in [0.05, 0.1) is 5.69 Å². The molecule has 17 heavy (non-hydrogen) atoms. The van der Waals surface area contributed by atoms with Crippen LogP contribution in [0.25, 0.3) is 0 Å². The van der Waals surface area contributed by atoms with Crippen molar-refractivity contribution in [3.05, 3.63) is 16.8 Å². The standard InChI is InChI=1S/C12H19N3O2/c1-5-7-15(6-2)11-10(12(16)17)8(3)9(4)13-14-11/h5-7H2,1-4H3,(H,16,17). The highest BCUT2D eigenvalue weighted by Gasteiger charge is 2.20. The number of carboxylic acid groups (broad SMARTS) is 1. The van der Waals surface area contributed by atoms with Gasteiger partial charge in [0.1, 0.15) is 5.56 Å². The summed E-state index contributed by atoms with van der Waals surface area (Å²) in [4.78, 5) is 13.3. The smallest absolute Gasteiger partial charge is 0.339 e. The highest BCUT2D eigenvalue weighted by molar-refractivity contribution is 5.95. The van der Waals surface area contributed by atoms with E-state index < -0.39 is 5.97 Å². The lowest BCUT2D eigenvalue weighted by Crippen LogP contribution is -2.28. The van der Waals surface area contributed by atoms with Gasteiger partial charge in [-0.2, -0.15) is 5.10 Å². The predicted octanol–water partition coefficient (Wildman–Crippen LogP) is 2.03. The van der Waals surface area contributed by atoms with E-state index in [4.69, 9.17) is 0 Å². The van der Waals surface area contributed by atoms with Crippen molar-refractivity contribution in [1.82, 2.24) is 10.2 Å². The third-order valence-corrected chi connectivity index (χ3v) is 2.82. The van der Waals surface area contributed by atoms with Crippen LogP contribution in [0.4, 0.5) is 5.82 Å². The molecule has 0 fully saturated rings. The second-order valence-corrected chi connectivity index (χ2v) is 3.99. The normalized spacial score (nSPS) is 10.4. The highest BCUT2D eigenvalue weighted by Crippen LogP contribution is 2.22. The number of nitrogens with zero attached hydrogens (tertiary/aromatic N) is 3. The molecule has 0 saturated heterocycles. The molecule has 5 nitrogen and oxygen atoms in total. The molecule has 5 heteroatoms. The van der Waals surface area contributed by atoms with Gasteiger partial charge < -0.3 is 10.0 Å². The van der Waals surface area contributed by atoms with Crippen LogP contribution >= 0.6 is 0 Å². The first-order chi connectivity index (χ1) is 8.02. The maximum Gasteiger partial charge on any atom is 0.339 e. The Bertz CT molecular complexity index is 418. The van der Waals surface area contributed by atoms with Crippen LogP contribution in [0.5, 0.6) is 0 Å². The summed E-state index contributed by atoms with van der Waals surface area (Å²) in [5.41, 5.74) is 1.63.